The van der Waals surface area contributed by atoms with Gasteiger partial charge in [-0.25, -0.2) is 13.2 Å². The molecule has 0 aliphatic carbocycles. The third kappa shape index (κ3) is 7.21. The number of nitrogens with zero attached hydrogens (tertiary/aromatic N) is 2. The van der Waals surface area contributed by atoms with Crippen molar-refractivity contribution in [2.45, 2.75) is 17.9 Å². The molecule has 0 N–H and O–H groups in total. The van der Waals surface area contributed by atoms with E-state index in [1.165, 1.54) is 26.3 Å². The van der Waals surface area contributed by atoms with Crippen molar-refractivity contribution in [1.29, 1.82) is 0 Å². The van der Waals surface area contributed by atoms with E-state index in [1.807, 2.05) is 0 Å². The van der Waals surface area contributed by atoms with Crippen molar-refractivity contribution in [2.75, 3.05) is 60.2 Å². The summed E-state index contributed by atoms with van der Waals surface area (Å²) < 4.78 is 49.2. The van der Waals surface area contributed by atoms with Crippen molar-refractivity contribution < 1.29 is 32.2 Å². The molecule has 9 nitrogen and oxygen atoms in total. The van der Waals surface area contributed by atoms with Crippen LogP contribution >= 0.6 is 0 Å². The van der Waals surface area contributed by atoms with Crippen molar-refractivity contribution in [3.63, 3.8) is 0 Å². The highest BCUT2D eigenvalue weighted by molar-refractivity contribution is 7.89. The summed E-state index contributed by atoms with van der Waals surface area (Å²) >= 11 is 0. The summed E-state index contributed by atoms with van der Waals surface area (Å²) in [4.78, 5) is 14.9. The maximum absolute atomic E-state index is 13.3. The largest absolute Gasteiger partial charge is 0.492 e. The number of methoxy groups -OCH3 is 1. The maximum Gasteiger partial charge on any atom is 0.328 e. The number of sulfonamides is 1. The molecule has 1 atom stereocenters. The van der Waals surface area contributed by atoms with Gasteiger partial charge in [0.05, 0.1) is 25.2 Å². The van der Waals surface area contributed by atoms with E-state index in [-0.39, 0.29) is 11.5 Å². The van der Waals surface area contributed by atoms with E-state index in [1.54, 1.807) is 43.3 Å². The highest BCUT2D eigenvalue weighted by Crippen LogP contribution is 2.29. The summed E-state index contributed by atoms with van der Waals surface area (Å²) in [5, 5.41) is 0. The van der Waals surface area contributed by atoms with Crippen LogP contribution in [0, 0.1) is 11.8 Å². The lowest BCUT2D eigenvalue weighted by Crippen LogP contribution is -2.38. The normalized spacial score (nSPS) is 15.0. The molecule has 2 aromatic carbocycles. The summed E-state index contributed by atoms with van der Waals surface area (Å²) in [5.74, 6) is 5.93. The molecule has 3 rings (SSSR count). The number of hydrogen-bond acceptors (Lipinski definition) is 8. The molecule has 1 heterocycles. The number of likely N-dealkylation sites (N-methyl/N-ethyl adjacent to an activating group) is 1. The zero-order chi connectivity index (χ0) is 26.0. The lowest BCUT2D eigenvalue weighted by atomic mass is 10.1. The van der Waals surface area contributed by atoms with Gasteiger partial charge in [-0.05, 0) is 48.9 Å². The molecule has 0 amide bonds. The second kappa shape index (κ2) is 13.3. The number of rotatable bonds is 11. The van der Waals surface area contributed by atoms with Crippen LogP contribution in [0.2, 0.25) is 0 Å². The molecule has 194 valence electrons. The Hall–Kier alpha value is -3.10. The Balaban J connectivity index is 1.70. The monoisotopic (exact) mass is 516 g/mol. The average Bonchev–Trinajstić information content (AvgIpc) is 2.90. The van der Waals surface area contributed by atoms with Crippen molar-refractivity contribution in [3.8, 4) is 23.3 Å². The predicted octanol–water partition coefficient (Wildman–Crippen LogP) is 2.33. The van der Waals surface area contributed by atoms with Gasteiger partial charge in [0.25, 0.3) is 0 Å². The number of morpholine rings is 1. The number of esters is 1. The Bertz CT molecular complexity index is 1150. The van der Waals surface area contributed by atoms with Crippen LogP contribution in [0.4, 0.5) is 0 Å². The Morgan fingerprint density at radius 1 is 1.06 bits per heavy atom. The summed E-state index contributed by atoms with van der Waals surface area (Å²) in [6.07, 6.45) is 0. The van der Waals surface area contributed by atoms with E-state index >= 15 is 0 Å². The second-order valence-corrected chi connectivity index (χ2v) is 10.0. The number of hydrogen-bond donors (Lipinski definition) is 0. The van der Waals surface area contributed by atoms with Gasteiger partial charge in [0.1, 0.15) is 30.8 Å². The fourth-order valence-electron chi connectivity index (χ4n) is 3.67. The minimum Gasteiger partial charge on any atom is -0.492 e. The molecule has 0 saturated carbocycles. The van der Waals surface area contributed by atoms with Crippen molar-refractivity contribution in [2.24, 2.45) is 0 Å². The fraction of sp³-hybridized carbons (Fsp3) is 0.423. The molecular weight excluding hydrogens is 484 g/mol. The highest BCUT2D eigenvalue weighted by Gasteiger charge is 2.35. The Labute approximate surface area is 212 Å². The zero-order valence-corrected chi connectivity index (χ0v) is 21.6. The van der Waals surface area contributed by atoms with Crippen molar-refractivity contribution >= 4 is 16.0 Å². The van der Waals surface area contributed by atoms with Gasteiger partial charge >= 0.3 is 5.97 Å². The van der Waals surface area contributed by atoms with E-state index < -0.39 is 22.0 Å². The quantitative estimate of drug-likeness (QED) is 0.332. The second-order valence-electron chi connectivity index (χ2n) is 8.01. The molecule has 2 aromatic rings. The molecule has 0 bridgehead atoms. The fourth-order valence-corrected chi connectivity index (χ4v) is 4.97. The first kappa shape index (κ1) is 27.5. The first-order valence-electron chi connectivity index (χ1n) is 11.6. The molecule has 1 saturated heterocycles. The highest BCUT2D eigenvalue weighted by atomic mass is 32.2. The van der Waals surface area contributed by atoms with E-state index in [0.717, 1.165) is 37.2 Å². The topological polar surface area (TPSA) is 94.6 Å². The van der Waals surface area contributed by atoms with E-state index in [2.05, 4.69) is 16.7 Å². The van der Waals surface area contributed by atoms with Crippen molar-refractivity contribution in [3.05, 3.63) is 54.1 Å². The number of carbonyl (C=O) groups is 1. The molecule has 0 aromatic heterocycles. The summed E-state index contributed by atoms with van der Waals surface area (Å²) in [5.41, 5.74) is 0.464. The predicted molar refractivity (Wildman–Crippen MR) is 134 cm³/mol. The van der Waals surface area contributed by atoms with Gasteiger partial charge in [-0.3, -0.25) is 4.90 Å². The van der Waals surface area contributed by atoms with Crippen LogP contribution in [0.1, 0.15) is 18.5 Å². The molecule has 10 heteroatoms. The van der Waals surface area contributed by atoms with Gasteiger partial charge in [-0.2, -0.15) is 4.31 Å². The van der Waals surface area contributed by atoms with Crippen LogP contribution in [0.15, 0.2) is 53.4 Å². The Kier molecular flexibility index (Phi) is 10.1. The summed E-state index contributed by atoms with van der Waals surface area (Å²) in [7, 11) is -1.44. The Morgan fingerprint density at radius 2 is 1.67 bits per heavy atom. The van der Waals surface area contributed by atoms with E-state index in [0.29, 0.717) is 23.7 Å². The average molecular weight is 517 g/mol. The first-order chi connectivity index (χ1) is 17.4. The molecule has 0 spiro atoms. The number of benzene rings is 2. The molecular formula is C26H32N2O7S. The van der Waals surface area contributed by atoms with Crippen LogP contribution in [-0.4, -0.2) is 83.8 Å². The van der Waals surface area contributed by atoms with Crippen molar-refractivity contribution in [1.82, 2.24) is 9.21 Å². The van der Waals surface area contributed by atoms with E-state index in [4.69, 9.17) is 18.9 Å². The first-order valence-corrected chi connectivity index (χ1v) is 13.0. The van der Waals surface area contributed by atoms with Crippen LogP contribution in [0.5, 0.6) is 11.5 Å². The SMILES string of the molecule is CC#CCOc1ccc(S(=O)(=O)N(C)C(C(=O)OC)c2ccc(OCCN3CCOCC3)cc2)cc1. The third-order valence-corrected chi connectivity index (χ3v) is 7.59. The van der Waals surface area contributed by atoms with Gasteiger partial charge in [0.15, 0.2) is 0 Å². The van der Waals surface area contributed by atoms with Gasteiger partial charge in [-0.15, -0.1) is 5.92 Å². The standard InChI is InChI=1S/C26H32N2O7S/c1-4-5-17-34-23-10-12-24(13-11-23)36(30,31)27(2)25(26(29)32-3)21-6-8-22(9-7-21)35-20-16-28-14-18-33-19-15-28/h6-13,25H,14-20H2,1-3H3. The van der Waals surface area contributed by atoms with Crippen LogP contribution in [0.3, 0.4) is 0 Å². The van der Waals surface area contributed by atoms with Crippen LogP contribution < -0.4 is 9.47 Å². The number of carbonyl (C=O) groups excluding carboxylic acids is 1. The molecule has 36 heavy (non-hydrogen) atoms. The summed E-state index contributed by atoms with van der Waals surface area (Å²) in [6, 6.07) is 11.6. The van der Waals surface area contributed by atoms with Crippen LogP contribution in [-0.2, 0) is 24.3 Å². The minimum absolute atomic E-state index is 0.0240. The molecule has 1 fully saturated rings. The molecule has 1 aliphatic rings. The lowest BCUT2D eigenvalue weighted by molar-refractivity contribution is -0.145. The third-order valence-electron chi connectivity index (χ3n) is 5.75. The van der Waals surface area contributed by atoms with Gasteiger partial charge in [0, 0.05) is 26.7 Å². The van der Waals surface area contributed by atoms with Gasteiger partial charge < -0.3 is 18.9 Å². The van der Waals surface area contributed by atoms with Gasteiger partial charge in [-0.1, -0.05) is 18.1 Å². The van der Waals surface area contributed by atoms with Gasteiger partial charge in [0.2, 0.25) is 10.0 Å². The summed E-state index contributed by atoms with van der Waals surface area (Å²) in [6.45, 7) is 6.43. The smallest absolute Gasteiger partial charge is 0.328 e. The minimum atomic E-state index is -4.02. The zero-order valence-electron chi connectivity index (χ0n) is 20.8. The number of ether oxygens (including phenoxy) is 4. The maximum atomic E-state index is 13.3. The van der Waals surface area contributed by atoms with Crippen LogP contribution in [0.25, 0.3) is 0 Å². The van der Waals surface area contributed by atoms with E-state index in [9.17, 15) is 13.2 Å². The molecule has 1 unspecified atom stereocenters. The Morgan fingerprint density at radius 3 is 2.28 bits per heavy atom. The molecule has 1 aliphatic heterocycles. The molecule has 0 radical (unpaired) electrons. The lowest BCUT2D eigenvalue weighted by Gasteiger charge is -2.27.